The van der Waals surface area contributed by atoms with E-state index in [9.17, 15) is 16.8 Å². The van der Waals surface area contributed by atoms with Crippen molar-refractivity contribution in [2.75, 3.05) is 4.72 Å². The van der Waals surface area contributed by atoms with E-state index >= 15 is 0 Å². The second-order valence-corrected chi connectivity index (χ2v) is 8.59. The summed E-state index contributed by atoms with van der Waals surface area (Å²) in [5, 5.41) is 5.06. The fourth-order valence-corrected chi connectivity index (χ4v) is 4.60. The lowest BCUT2D eigenvalue weighted by Gasteiger charge is -2.14. The van der Waals surface area contributed by atoms with Crippen LogP contribution >= 0.6 is 0 Å². The number of nitrogens with two attached hydrogens (primary N) is 1. The van der Waals surface area contributed by atoms with Crippen LogP contribution in [-0.2, 0) is 20.0 Å². The van der Waals surface area contributed by atoms with Crippen LogP contribution in [0.15, 0.2) is 46.2 Å². The lowest BCUT2D eigenvalue weighted by atomic mass is 10.1. The first-order valence-corrected chi connectivity index (χ1v) is 9.77. The zero-order chi connectivity index (χ0) is 17.4. The van der Waals surface area contributed by atoms with Crippen molar-refractivity contribution in [3.8, 4) is 0 Å². The SMILES string of the molecule is Cc1cc(C)c(S(=O)(=O)Nc2cccc(S(N)(=O)=O)c2)c(C)c1. The maximum absolute atomic E-state index is 12.6. The van der Waals surface area contributed by atoms with Gasteiger partial charge in [0.25, 0.3) is 10.0 Å². The van der Waals surface area contributed by atoms with Gasteiger partial charge in [0.2, 0.25) is 10.0 Å². The fourth-order valence-electron chi connectivity index (χ4n) is 2.53. The number of sulfonamides is 2. The topological polar surface area (TPSA) is 106 Å². The summed E-state index contributed by atoms with van der Waals surface area (Å²) in [6.07, 6.45) is 0. The number of aryl methyl sites for hydroxylation is 3. The molecule has 0 aliphatic heterocycles. The zero-order valence-corrected chi connectivity index (χ0v) is 14.6. The molecule has 0 saturated heterocycles. The normalized spacial score (nSPS) is 12.2. The summed E-state index contributed by atoms with van der Waals surface area (Å²) in [5.41, 5.74) is 2.35. The predicted octanol–water partition coefficient (Wildman–Crippen LogP) is 2.06. The molecule has 3 N–H and O–H groups in total. The summed E-state index contributed by atoms with van der Waals surface area (Å²) in [4.78, 5) is 0.0270. The van der Waals surface area contributed by atoms with Crippen molar-refractivity contribution >= 4 is 25.7 Å². The molecule has 124 valence electrons. The van der Waals surface area contributed by atoms with Gasteiger partial charge in [-0.15, -0.1) is 0 Å². The van der Waals surface area contributed by atoms with Gasteiger partial charge < -0.3 is 0 Å². The molecule has 8 heteroatoms. The van der Waals surface area contributed by atoms with Gasteiger partial charge in [-0.2, -0.15) is 0 Å². The van der Waals surface area contributed by atoms with Crippen molar-refractivity contribution in [3.05, 3.63) is 53.1 Å². The Balaban J connectivity index is 2.48. The Morgan fingerprint density at radius 3 is 2.00 bits per heavy atom. The van der Waals surface area contributed by atoms with Crippen molar-refractivity contribution in [2.24, 2.45) is 5.14 Å². The molecule has 0 aromatic heterocycles. The third kappa shape index (κ3) is 3.90. The van der Waals surface area contributed by atoms with E-state index in [1.165, 1.54) is 24.3 Å². The van der Waals surface area contributed by atoms with E-state index in [4.69, 9.17) is 5.14 Å². The third-order valence-electron chi connectivity index (χ3n) is 3.29. The van der Waals surface area contributed by atoms with E-state index in [0.29, 0.717) is 11.1 Å². The minimum absolute atomic E-state index is 0.135. The number of nitrogens with one attached hydrogen (secondary N) is 1. The standard InChI is InChI=1S/C15H18N2O4S2/c1-10-7-11(2)15(12(3)8-10)23(20,21)17-13-5-4-6-14(9-13)22(16,18)19/h4-9,17H,1-3H3,(H2,16,18,19). The van der Waals surface area contributed by atoms with Gasteiger partial charge in [-0.05, 0) is 50.1 Å². The van der Waals surface area contributed by atoms with Crippen molar-refractivity contribution in [1.29, 1.82) is 0 Å². The monoisotopic (exact) mass is 354 g/mol. The maximum atomic E-state index is 12.6. The summed E-state index contributed by atoms with van der Waals surface area (Å²) in [5.74, 6) is 0. The molecule has 0 spiro atoms. The molecule has 0 atom stereocenters. The first kappa shape index (κ1) is 17.5. The average Bonchev–Trinajstić information content (AvgIpc) is 2.35. The van der Waals surface area contributed by atoms with Gasteiger partial charge in [-0.25, -0.2) is 22.0 Å². The van der Waals surface area contributed by atoms with Crippen LogP contribution in [0.2, 0.25) is 0 Å². The molecule has 0 amide bonds. The maximum Gasteiger partial charge on any atom is 0.262 e. The van der Waals surface area contributed by atoms with Crippen LogP contribution in [-0.4, -0.2) is 16.8 Å². The van der Waals surface area contributed by atoms with Crippen LogP contribution < -0.4 is 9.86 Å². The Hall–Kier alpha value is -1.90. The van der Waals surface area contributed by atoms with E-state index < -0.39 is 20.0 Å². The minimum atomic E-state index is -3.90. The lowest BCUT2D eigenvalue weighted by Crippen LogP contribution is -2.17. The molecule has 2 aromatic carbocycles. The highest BCUT2D eigenvalue weighted by atomic mass is 32.2. The van der Waals surface area contributed by atoms with Crippen LogP contribution in [0.25, 0.3) is 0 Å². The molecular formula is C15H18N2O4S2. The molecule has 6 nitrogen and oxygen atoms in total. The van der Waals surface area contributed by atoms with E-state index in [2.05, 4.69) is 4.72 Å². The third-order valence-corrected chi connectivity index (χ3v) is 5.89. The highest BCUT2D eigenvalue weighted by Gasteiger charge is 2.20. The summed E-state index contributed by atoms with van der Waals surface area (Å²) in [6, 6.07) is 8.93. The molecule has 23 heavy (non-hydrogen) atoms. The number of rotatable bonds is 4. The summed E-state index contributed by atoms with van der Waals surface area (Å²) >= 11 is 0. The van der Waals surface area contributed by atoms with Crippen LogP contribution in [0.3, 0.4) is 0 Å². The first-order chi connectivity index (χ1) is 10.5. The molecule has 0 radical (unpaired) electrons. The molecule has 0 bridgehead atoms. The van der Waals surface area contributed by atoms with Crippen molar-refractivity contribution < 1.29 is 16.8 Å². The number of hydrogen-bond donors (Lipinski definition) is 2. The van der Waals surface area contributed by atoms with Crippen molar-refractivity contribution in [2.45, 2.75) is 30.6 Å². The Labute approximate surface area is 136 Å². The molecule has 0 saturated carbocycles. The van der Waals surface area contributed by atoms with E-state index in [1.54, 1.807) is 26.0 Å². The number of anilines is 1. The van der Waals surface area contributed by atoms with Crippen LogP contribution in [0.5, 0.6) is 0 Å². The molecule has 2 aromatic rings. The Morgan fingerprint density at radius 1 is 0.913 bits per heavy atom. The summed E-state index contributed by atoms with van der Waals surface area (Å²) in [6.45, 7) is 5.32. The smallest absolute Gasteiger partial charge is 0.262 e. The largest absolute Gasteiger partial charge is 0.280 e. The van der Waals surface area contributed by atoms with Gasteiger partial charge in [-0.3, -0.25) is 4.72 Å². The Bertz CT molecular complexity index is 942. The summed E-state index contributed by atoms with van der Waals surface area (Å²) in [7, 11) is -7.74. The molecule has 2 rings (SSSR count). The molecule has 0 unspecified atom stereocenters. The highest BCUT2D eigenvalue weighted by molar-refractivity contribution is 7.92. The Morgan fingerprint density at radius 2 is 1.48 bits per heavy atom. The quantitative estimate of drug-likeness (QED) is 0.876. The molecule has 0 fully saturated rings. The Kier molecular flexibility index (Phi) is 4.52. The average molecular weight is 354 g/mol. The highest BCUT2D eigenvalue weighted by Crippen LogP contribution is 2.25. The fraction of sp³-hybridized carbons (Fsp3) is 0.200. The minimum Gasteiger partial charge on any atom is -0.280 e. The van der Waals surface area contributed by atoms with Crippen LogP contribution in [0.1, 0.15) is 16.7 Å². The predicted molar refractivity (Wildman–Crippen MR) is 89.3 cm³/mol. The molecule has 0 heterocycles. The van der Waals surface area contributed by atoms with Crippen molar-refractivity contribution in [1.82, 2.24) is 0 Å². The van der Waals surface area contributed by atoms with E-state index in [-0.39, 0.29) is 15.5 Å². The van der Waals surface area contributed by atoms with E-state index in [0.717, 1.165) is 5.56 Å². The molecule has 0 aliphatic carbocycles. The van der Waals surface area contributed by atoms with Gasteiger partial charge in [0.15, 0.2) is 0 Å². The second kappa shape index (κ2) is 5.95. The van der Waals surface area contributed by atoms with Gasteiger partial charge in [0.1, 0.15) is 0 Å². The lowest BCUT2D eigenvalue weighted by molar-refractivity contribution is 0.596. The van der Waals surface area contributed by atoms with Gasteiger partial charge >= 0.3 is 0 Å². The number of primary sulfonamides is 1. The second-order valence-electron chi connectivity index (χ2n) is 5.41. The number of hydrogen-bond acceptors (Lipinski definition) is 4. The zero-order valence-electron chi connectivity index (χ0n) is 13.0. The summed E-state index contributed by atoms with van der Waals surface area (Å²) < 4.78 is 50.4. The number of benzene rings is 2. The van der Waals surface area contributed by atoms with Crippen molar-refractivity contribution in [3.63, 3.8) is 0 Å². The molecule has 0 aliphatic rings. The van der Waals surface area contributed by atoms with Gasteiger partial charge in [0.05, 0.1) is 15.5 Å². The van der Waals surface area contributed by atoms with Crippen LogP contribution in [0, 0.1) is 20.8 Å². The van der Waals surface area contributed by atoms with Gasteiger partial charge in [-0.1, -0.05) is 23.8 Å². The van der Waals surface area contributed by atoms with Gasteiger partial charge in [0, 0.05) is 0 Å². The first-order valence-electron chi connectivity index (χ1n) is 6.74. The van der Waals surface area contributed by atoms with Crippen LogP contribution in [0.4, 0.5) is 5.69 Å². The van der Waals surface area contributed by atoms with E-state index in [1.807, 2.05) is 6.92 Å². The molecular weight excluding hydrogens is 336 g/mol.